The number of hydrogen-bond acceptors (Lipinski definition) is 5. The van der Waals surface area contributed by atoms with Crippen molar-refractivity contribution in [1.82, 2.24) is 0 Å². The van der Waals surface area contributed by atoms with E-state index < -0.39 is 10.0 Å². The molecule has 0 heterocycles. The summed E-state index contributed by atoms with van der Waals surface area (Å²) in [6, 6.07) is 26.3. The number of aryl methyl sites for hydroxylation is 1. The average Bonchev–Trinajstić information content (AvgIpc) is 2.89. The Kier molecular flexibility index (Phi) is 8.43. The summed E-state index contributed by atoms with van der Waals surface area (Å²) in [6.07, 6.45) is 0. The zero-order chi connectivity index (χ0) is 26.4. The summed E-state index contributed by atoms with van der Waals surface area (Å²) in [7, 11) is -2.36. The number of nitrogens with one attached hydrogen (secondary N) is 2. The maximum Gasteiger partial charge on any atom is 0.262 e. The summed E-state index contributed by atoms with van der Waals surface area (Å²) in [5.41, 5.74) is 3.33. The predicted molar refractivity (Wildman–Crippen MR) is 150 cm³/mol. The van der Waals surface area contributed by atoms with Crippen LogP contribution in [0.2, 0.25) is 5.02 Å². The molecule has 4 aromatic rings. The molecule has 0 aliphatic rings. The zero-order valence-electron chi connectivity index (χ0n) is 20.2. The molecule has 0 unspecified atom stereocenters. The lowest BCUT2D eigenvalue weighted by Crippen LogP contribution is -2.14. The smallest absolute Gasteiger partial charge is 0.262 e. The number of rotatable bonds is 9. The van der Waals surface area contributed by atoms with Gasteiger partial charge in [0.2, 0.25) is 0 Å². The molecular weight excluding hydrogens is 528 g/mol. The van der Waals surface area contributed by atoms with Crippen molar-refractivity contribution in [2.24, 2.45) is 0 Å². The number of benzene rings is 4. The second-order valence-electron chi connectivity index (χ2n) is 8.23. The van der Waals surface area contributed by atoms with Crippen LogP contribution in [0.5, 0.6) is 5.75 Å². The Labute approximate surface area is 226 Å². The molecule has 0 fully saturated rings. The van der Waals surface area contributed by atoms with Gasteiger partial charge in [-0.2, -0.15) is 0 Å². The highest BCUT2D eigenvalue weighted by atomic mass is 35.5. The van der Waals surface area contributed by atoms with Crippen LogP contribution in [-0.4, -0.2) is 21.4 Å². The van der Waals surface area contributed by atoms with Crippen LogP contribution in [0.15, 0.2) is 101 Å². The van der Waals surface area contributed by atoms with Gasteiger partial charge in [-0.1, -0.05) is 29.8 Å². The van der Waals surface area contributed by atoms with Gasteiger partial charge in [-0.25, -0.2) is 8.42 Å². The second-order valence-corrected chi connectivity index (χ2v) is 11.4. The Hall–Kier alpha value is -3.46. The lowest BCUT2D eigenvalue weighted by molar-refractivity contribution is 0.102. The van der Waals surface area contributed by atoms with Crippen molar-refractivity contribution in [1.29, 1.82) is 0 Å². The molecule has 2 N–H and O–H groups in total. The molecule has 0 bridgehead atoms. The highest BCUT2D eigenvalue weighted by Gasteiger charge is 2.17. The first-order chi connectivity index (χ1) is 17.7. The predicted octanol–water partition coefficient (Wildman–Crippen LogP) is 7.00. The summed E-state index contributed by atoms with van der Waals surface area (Å²) in [5.74, 6) is 0.907. The van der Waals surface area contributed by atoms with Crippen molar-refractivity contribution in [2.75, 3.05) is 17.1 Å². The maximum atomic E-state index is 12.9. The fourth-order valence-corrected chi connectivity index (χ4v) is 5.52. The average molecular weight is 553 g/mol. The van der Waals surface area contributed by atoms with Crippen LogP contribution in [-0.2, 0) is 15.8 Å². The molecule has 4 rings (SSSR count). The first-order valence-corrected chi connectivity index (χ1v) is 14.1. The van der Waals surface area contributed by atoms with Crippen molar-refractivity contribution in [3.05, 3.63) is 113 Å². The number of ether oxygens (including phenoxy) is 1. The van der Waals surface area contributed by atoms with Crippen molar-refractivity contribution in [3.8, 4) is 5.75 Å². The van der Waals surface area contributed by atoms with Crippen LogP contribution in [0.4, 0.5) is 11.4 Å². The standard InChI is InChI=1S/C28H25ClN2O4S2/c1-19-3-16-27(35-2)26(17-19)31-37(33,34)25-14-10-23(11-15-25)30-28(32)21-6-4-20(5-7-21)18-36-24-12-8-22(29)9-13-24/h3-17,31H,18H2,1-2H3,(H,30,32). The van der Waals surface area contributed by atoms with Crippen LogP contribution in [0.25, 0.3) is 0 Å². The minimum atomic E-state index is -3.84. The van der Waals surface area contributed by atoms with E-state index in [1.807, 2.05) is 49.4 Å². The molecule has 0 aliphatic carbocycles. The molecule has 0 aliphatic heterocycles. The highest BCUT2D eigenvalue weighted by Crippen LogP contribution is 2.28. The van der Waals surface area contributed by atoms with Crippen molar-refractivity contribution >= 4 is 50.7 Å². The van der Waals surface area contributed by atoms with E-state index in [1.54, 1.807) is 48.2 Å². The molecule has 190 valence electrons. The zero-order valence-corrected chi connectivity index (χ0v) is 22.6. The number of anilines is 2. The first-order valence-electron chi connectivity index (χ1n) is 11.3. The minimum Gasteiger partial charge on any atom is -0.495 e. The molecule has 0 aromatic heterocycles. The number of sulfonamides is 1. The molecule has 0 saturated carbocycles. The molecule has 0 spiro atoms. The van der Waals surface area contributed by atoms with Gasteiger partial charge in [-0.05, 0) is 90.8 Å². The van der Waals surface area contributed by atoms with E-state index in [-0.39, 0.29) is 10.8 Å². The van der Waals surface area contributed by atoms with E-state index in [9.17, 15) is 13.2 Å². The second kappa shape index (κ2) is 11.7. The largest absolute Gasteiger partial charge is 0.495 e. The Morgan fingerprint density at radius 3 is 2.24 bits per heavy atom. The summed E-state index contributed by atoms with van der Waals surface area (Å²) in [6.45, 7) is 1.86. The van der Waals surface area contributed by atoms with Gasteiger partial charge in [0.1, 0.15) is 5.75 Å². The molecule has 0 radical (unpaired) electrons. The summed E-state index contributed by atoms with van der Waals surface area (Å²) in [4.78, 5) is 13.9. The molecular formula is C28H25ClN2O4S2. The number of carbonyl (C=O) groups is 1. The monoisotopic (exact) mass is 552 g/mol. The number of halogens is 1. The molecule has 1 amide bonds. The first kappa shape index (κ1) is 26.6. The van der Waals surface area contributed by atoms with Crippen LogP contribution >= 0.6 is 23.4 Å². The number of thioether (sulfide) groups is 1. The van der Waals surface area contributed by atoms with Gasteiger partial charge in [0.15, 0.2) is 0 Å². The molecule has 6 nitrogen and oxygen atoms in total. The number of carbonyl (C=O) groups excluding carboxylic acids is 1. The molecule has 4 aromatic carbocycles. The molecule has 37 heavy (non-hydrogen) atoms. The third kappa shape index (κ3) is 7.07. The molecule has 9 heteroatoms. The lowest BCUT2D eigenvalue weighted by Gasteiger charge is -2.13. The SMILES string of the molecule is COc1ccc(C)cc1NS(=O)(=O)c1ccc(NC(=O)c2ccc(CSc3ccc(Cl)cc3)cc2)cc1. The van der Waals surface area contributed by atoms with Crippen LogP contribution < -0.4 is 14.8 Å². The number of hydrogen-bond donors (Lipinski definition) is 2. The third-order valence-corrected chi connectivity index (χ3v) is 8.17. The quantitative estimate of drug-likeness (QED) is 0.218. The summed E-state index contributed by atoms with van der Waals surface area (Å²) >= 11 is 7.61. The Morgan fingerprint density at radius 2 is 1.59 bits per heavy atom. The summed E-state index contributed by atoms with van der Waals surface area (Å²) < 4.78 is 33.5. The van der Waals surface area contributed by atoms with Crippen LogP contribution in [0.3, 0.4) is 0 Å². The van der Waals surface area contributed by atoms with Crippen molar-refractivity contribution in [2.45, 2.75) is 22.5 Å². The van der Waals surface area contributed by atoms with Gasteiger partial charge in [-0.15, -0.1) is 11.8 Å². The van der Waals surface area contributed by atoms with E-state index in [4.69, 9.17) is 16.3 Å². The van der Waals surface area contributed by atoms with Crippen molar-refractivity contribution in [3.63, 3.8) is 0 Å². The van der Waals surface area contributed by atoms with E-state index in [0.29, 0.717) is 27.7 Å². The fraction of sp³-hybridized carbons (Fsp3) is 0.107. The lowest BCUT2D eigenvalue weighted by atomic mass is 10.1. The van der Waals surface area contributed by atoms with E-state index in [0.717, 1.165) is 21.8 Å². The minimum absolute atomic E-state index is 0.0663. The number of methoxy groups -OCH3 is 1. The van der Waals surface area contributed by atoms with Crippen LogP contribution in [0.1, 0.15) is 21.5 Å². The summed E-state index contributed by atoms with van der Waals surface area (Å²) in [5, 5.41) is 3.51. The van der Waals surface area contributed by atoms with E-state index in [2.05, 4.69) is 10.0 Å². The van der Waals surface area contributed by atoms with Crippen LogP contribution in [0, 0.1) is 6.92 Å². The molecule has 0 saturated heterocycles. The Bertz CT molecular complexity index is 1490. The maximum absolute atomic E-state index is 12.9. The van der Waals surface area contributed by atoms with Gasteiger partial charge in [-0.3, -0.25) is 9.52 Å². The fourth-order valence-electron chi connectivity index (χ4n) is 3.48. The normalized spacial score (nSPS) is 11.1. The van der Waals surface area contributed by atoms with Gasteiger partial charge in [0, 0.05) is 26.9 Å². The topological polar surface area (TPSA) is 84.5 Å². The Balaban J connectivity index is 1.37. The van der Waals surface area contributed by atoms with Gasteiger partial charge in [0.05, 0.1) is 17.7 Å². The van der Waals surface area contributed by atoms with E-state index >= 15 is 0 Å². The van der Waals surface area contributed by atoms with Gasteiger partial charge >= 0.3 is 0 Å². The van der Waals surface area contributed by atoms with Gasteiger partial charge in [0.25, 0.3) is 15.9 Å². The number of amides is 1. The highest BCUT2D eigenvalue weighted by molar-refractivity contribution is 7.98. The third-order valence-electron chi connectivity index (χ3n) is 5.46. The Morgan fingerprint density at radius 1 is 0.919 bits per heavy atom. The van der Waals surface area contributed by atoms with E-state index in [1.165, 1.54) is 19.2 Å². The van der Waals surface area contributed by atoms with Gasteiger partial charge < -0.3 is 10.1 Å². The molecule has 0 atom stereocenters. The van der Waals surface area contributed by atoms with Crippen molar-refractivity contribution < 1.29 is 17.9 Å².